The highest BCUT2D eigenvalue weighted by molar-refractivity contribution is 7.13. The van der Waals surface area contributed by atoms with Crippen LogP contribution in [0.5, 0.6) is 0 Å². The first-order chi connectivity index (χ1) is 8.82. The predicted octanol–water partition coefficient (Wildman–Crippen LogP) is 1.11. The standard InChI is InChI=1S/C8H6F3N5O2S/c1-18-5(17)4-3(12)2-16(15-4)7-14-13-6(19-7)8(9,10)11/h2H,12H2,1H3. The van der Waals surface area contributed by atoms with Crippen LogP contribution in [0, 0.1) is 0 Å². The highest BCUT2D eigenvalue weighted by Gasteiger charge is 2.36. The number of hydrogen-bond acceptors (Lipinski definition) is 7. The van der Waals surface area contributed by atoms with Crippen molar-refractivity contribution in [2.45, 2.75) is 6.18 Å². The number of nitrogen functional groups attached to an aromatic ring is 1. The average molecular weight is 293 g/mol. The Hall–Kier alpha value is -2.17. The van der Waals surface area contributed by atoms with Gasteiger partial charge in [0.2, 0.25) is 10.1 Å². The summed E-state index contributed by atoms with van der Waals surface area (Å²) >= 11 is 0.280. The van der Waals surface area contributed by atoms with Gasteiger partial charge in [-0.25, -0.2) is 9.48 Å². The summed E-state index contributed by atoms with van der Waals surface area (Å²) in [6.45, 7) is 0. The molecule has 0 aliphatic rings. The lowest BCUT2D eigenvalue weighted by atomic mass is 10.4. The second-order valence-electron chi connectivity index (χ2n) is 3.26. The Morgan fingerprint density at radius 2 is 2.16 bits per heavy atom. The number of alkyl halides is 3. The molecule has 0 fully saturated rings. The van der Waals surface area contributed by atoms with E-state index >= 15 is 0 Å². The third kappa shape index (κ3) is 2.50. The summed E-state index contributed by atoms with van der Waals surface area (Å²) in [7, 11) is 1.13. The Balaban J connectivity index is 2.38. The number of aromatic nitrogens is 4. The number of hydrogen-bond donors (Lipinski definition) is 1. The first-order valence-corrected chi connectivity index (χ1v) is 5.49. The normalized spacial score (nSPS) is 11.6. The molecule has 2 N–H and O–H groups in total. The molecule has 2 aromatic heterocycles. The van der Waals surface area contributed by atoms with Gasteiger partial charge in [-0.3, -0.25) is 0 Å². The van der Waals surface area contributed by atoms with Crippen LogP contribution in [0.3, 0.4) is 0 Å². The van der Waals surface area contributed by atoms with Crippen LogP contribution >= 0.6 is 11.3 Å². The Bertz CT molecular complexity index is 620. The van der Waals surface area contributed by atoms with E-state index in [0.29, 0.717) is 0 Å². The second kappa shape index (κ2) is 4.50. The van der Waals surface area contributed by atoms with Gasteiger partial charge in [-0.05, 0) is 0 Å². The smallest absolute Gasteiger partial charge is 0.445 e. The minimum Gasteiger partial charge on any atom is -0.464 e. The highest BCUT2D eigenvalue weighted by Crippen LogP contribution is 2.32. The monoisotopic (exact) mass is 293 g/mol. The molecular formula is C8H6F3N5O2S. The Morgan fingerprint density at radius 1 is 1.47 bits per heavy atom. The number of carbonyl (C=O) groups excluding carboxylic acids is 1. The maximum absolute atomic E-state index is 12.4. The number of methoxy groups -OCH3 is 1. The van der Waals surface area contributed by atoms with Gasteiger partial charge in [0.15, 0.2) is 5.69 Å². The van der Waals surface area contributed by atoms with Crippen LogP contribution in [0.25, 0.3) is 5.13 Å². The number of rotatable bonds is 2. The largest absolute Gasteiger partial charge is 0.464 e. The maximum atomic E-state index is 12.4. The van der Waals surface area contributed by atoms with Crippen LogP contribution in [-0.2, 0) is 10.9 Å². The molecule has 0 radical (unpaired) electrons. The summed E-state index contributed by atoms with van der Waals surface area (Å²) in [5, 5.41) is 8.76. The number of ether oxygens (including phenoxy) is 1. The molecule has 0 bridgehead atoms. The van der Waals surface area contributed by atoms with Crippen molar-refractivity contribution in [3.05, 3.63) is 16.9 Å². The lowest BCUT2D eigenvalue weighted by molar-refractivity contribution is -0.138. The van der Waals surface area contributed by atoms with Crippen LogP contribution in [-0.4, -0.2) is 33.1 Å². The fraction of sp³-hybridized carbons (Fsp3) is 0.250. The molecule has 0 saturated carbocycles. The first-order valence-electron chi connectivity index (χ1n) is 4.67. The van der Waals surface area contributed by atoms with Crippen LogP contribution in [0.2, 0.25) is 0 Å². The molecule has 0 aliphatic heterocycles. The summed E-state index contributed by atoms with van der Waals surface area (Å²) in [6.07, 6.45) is -3.42. The summed E-state index contributed by atoms with van der Waals surface area (Å²) in [6, 6.07) is 0. The quantitative estimate of drug-likeness (QED) is 0.833. The molecule has 2 aromatic rings. The molecule has 0 spiro atoms. The number of carbonyl (C=O) groups is 1. The van der Waals surface area contributed by atoms with Crippen LogP contribution in [0.4, 0.5) is 18.9 Å². The van der Waals surface area contributed by atoms with Crippen LogP contribution < -0.4 is 5.73 Å². The van der Waals surface area contributed by atoms with Crippen molar-refractivity contribution in [1.29, 1.82) is 0 Å². The van der Waals surface area contributed by atoms with E-state index in [1.807, 2.05) is 0 Å². The Kier molecular flexibility index (Phi) is 3.14. The fourth-order valence-electron chi connectivity index (χ4n) is 1.16. The van der Waals surface area contributed by atoms with Crippen LogP contribution in [0.15, 0.2) is 6.20 Å². The number of esters is 1. The number of nitrogens with two attached hydrogens (primary N) is 1. The molecule has 0 atom stereocenters. The van der Waals surface area contributed by atoms with E-state index in [1.165, 1.54) is 0 Å². The van der Waals surface area contributed by atoms with E-state index in [1.54, 1.807) is 0 Å². The first kappa shape index (κ1) is 13.3. The van der Waals surface area contributed by atoms with Gasteiger partial charge in [0, 0.05) is 0 Å². The molecule has 0 aliphatic carbocycles. The van der Waals surface area contributed by atoms with Gasteiger partial charge >= 0.3 is 12.1 Å². The van der Waals surface area contributed by atoms with E-state index in [4.69, 9.17) is 5.73 Å². The van der Waals surface area contributed by atoms with Crippen molar-refractivity contribution in [2.24, 2.45) is 0 Å². The molecule has 0 saturated heterocycles. The molecule has 0 aromatic carbocycles. The molecule has 11 heteroatoms. The summed E-state index contributed by atoms with van der Waals surface area (Å²) in [5.41, 5.74) is 5.26. The van der Waals surface area contributed by atoms with Crippen molar-refractivity contribution >= 4 is 23.0 Å². The van der Waals surface area contributed by atoms with Crippen molar-refractivity contribution in [2.75, 3.05) is 12.8 Å². The molecular weight excluding hydrogens is 287 g/mol. The number of anilines is 1. The summed E-state index contributed by atoms with van der Waals surface area (Å²) < 4.78 is 42.4. The Morgan fingerprint density at radius 3 is 2.68 bits per heavy atom. The van der Waals surface area contributed by atoms with E-state index < -0.39 is 17.2 Å². The average Bonchev–Trinajstić information content (AvgIpc) is 2.93. The van der Waals surface area contributed by atoms with Gasteiger partial charge in [-0.2, -0.15) is 18.3 Å². The van der Waals surface area contributed by atoms with Gasteiger partial charge in [-0.1, -0.05) is 11.3 Å². The molecule has 0 amide bonds. The number of nitrogens with zero attached hydrogens (tertiary/aromatic N) is 4. The zero-order valence-corrected chi connectivity index (χ0v) is 10.1. The molecule has 7 nitrogen and oxygen atoms in total. The molecule has 102 valence electrons. The topological polar surface area (TPSA) is 95.9 Å². The molecule has 19 heavy (non-hydrogen) atoms. The van der Waals surface area contributed by atoms with Gasteiger partial charge in [0.1, 0.15) is 0 Å². The minimum absolute atomic E-state index is 0.0318. The highest BCUT2D eigenvalue weighted by atomic mass is 32.1. The third-order valence-electron chi connectivity index (χ3n) is 1.97. The van der Waals surface area contributed by atoms with Gasteiger partial charge in [-0.15, -0.1) is 10.2 Å². The van der Waals surface area contributed by atoms with Crippen molar-refractivity contribution in [3.8, 4) is 5.13 Å². The zero-order chi connectivity index (χ0) is 14.2. The second-order valence-corrected chi connectivity index (χ2v) is 4.21. The molecule has 0 unspecified atom stereocenters. The third-order valence-corrected chi connectivity index (χ3v) is 2.93. The lowest BCUT2D eigenvalue weighted by Gasteiger charge is -1.97. The fourth-order valence-corrected chi connectivity index (χ4v) is 1.80. The van der Waals surface area contributed by atoms with E-state index in [9.17, 15) is 18.0 Å². The molecule has 2 heterocycles. The van der Waals surface area contributed by atoms with E-state index in [-0.39, 0.29) is 27.8 Å². The predicted molar refractivity (Wildman–Crippen MR) is 57.8 cm³/mol. The SMILES string of the molecule is COC(=O)c1nn(-c2nnc(C(F)(F)F)s2)cc1N. The van der Waals surface area contributed by atoms with E-state index in [0.717, 1.165) is 18.0 Å². The summed E-state index contributed by atoms with van der Waals surface area (Å²) in [4.78, 5) is 11.3. The van der Waals surface area contributed by atoms with Gasteiger partial charge < -0.3 is 10.5 Å². The summed E-state index contributed by atoms with van der Waals surface area (Å²) in [5.74, 6) is -0.795. The van der Waals surface area contributed by atoms with E-state index in [2.05, 4.69) is 20.0 Å². The van der Waals surface area contributed by atoms with Crippen molar-refractivity contribution in [1.82, 2.24) is 20.0 Å². The Labute approximate surface area is 107 Å². The minimum atomic E-state index is -4.58. The zero-order valence-electron chi connectivity index (χ0n) is 9.30. The maximum Gasteiger partial charge on any atom is 0.445 e. The van der Waals surface area contributed by atoms with Crippen molar-refractivity contribution in [3.63, 3.8) is 0 Å². The van der Waals surface area contributed by atoms with Gasteiger partial charge in [0.05, 0.1) is 19.0 Å². The van der Waals surface area contributed by atoms with Gasteiger partial charge in [0.25, 0.3) is 0 Å². The number of halogens is 3. The van der Waals surface area contributed by atoms with Crippen molar-refractivity contribution < 1.29 is 22.7 Å². The lowest BCUT2D eigenvalue weighted by Crippen LogP contribution is -2.05. The molecule has 2 rings (SSSR count). The van der Waals surface area contributed by atoms with Crippen LogP contribution in [0.1, 0.15) is 15.5 Å².